The average molecular weight is 351 g/mol. The molecule has 26 heavy (non-hydrogen) atoms. The van der Waals surface area contributed by atoms with Crippen molar-refractivity contribution in [3.8, 4) is 16.9 Å². The zero-order chi connectivity index (χ0) is 18.7. The Morgan fingerprint density at radius 3 is 2.50 bits per heavy atom. The molecule has 0 spiro atoms. The van der Waals surface area contributed by atoms with Gasteiger partial charge in [-0.15, -0.1) is 0 Å². The van der Waals surface area contributed by atoms with E-state index in [0.717, 1.165) is 11.3 Å². The quantitative estimate of drug-likeness (QED) is 0.742. The van der Waals surface area contributed by atoms with E-state index in [1.165, 1.54) is 6.07 Å². The maximum atomic E-state index is 14.2. The highest BCUT2D eigenvalue weighted by Crippen LogP contribution is 2.24. The van der Waals surface area contributed by atoms with E-state index in [1.54, 1.807) is 28.9 Å². The van der Waals surface area contributed by atoms with Crippen LogP contribution in [-0.4, -0.2) is 22.2 Å². The maximum Gasteiger partial charge on any atom is 0.270 e. The minimum absolute atomic E-state index is 0.227. The Balaban J connectivity index is 2.07. The maximum absolute atomic E-state index is 14.2. The summed E-state index contributed by atoms with van der Waals surface area (Å²) in [4.78, 5) is 12.7. The third kappa shape index (κ3) is 3.82. The smallest absolute Gasteiger partial charge is 0.270 e. The van der Waals surface area contributed by atoms with E-state index in [2.05, 4.69) is 10.4 Å². The molecule has 1 N–H and O–H groups in total. The van der Waals surface area contributed by atoms with Gasteiger partial charge in [-0.2, -0.15) is 5.10 Å². The third-order valence-electron chi connectivity index (χ3n) is 4.04. The number of aryl methyl sites for hydroxylation is 1. The van der Waals surface area contributed by atoms with Crippen LogP contribution in [0.5, 0.6) is 0 Å². The number of carbonyl (C=O) groups is 1. The summed E-state index contributed by atoms with van der Waals surface area (Å²) in [5.74, 6) is -0.259. The van der Waals surface area contributed by atoms with Crippen LogP contribution in [0, 0.1) is 18.7 Å². The van der Waals surface area contributed by atoms with Gasteiger partial charge in [-0.25, -0.2) is 9.07 Å². The lowest BCUT2D eigenvalue weighted by molar-refractivity contribution is 0.0941. The van der Waals surface area contributed by atoms with Crippen molar-refractivity contribution >= 4 is 5.91 Å². The molecular formula is C21H22FN3O. The average Bonchev–Trinajstić information content (AvgIpc) is 3.06. The van der Waals surface area contributed by atoms with Crippen molar-refractivity contribution in [2.24, 2.45) is 5.92 Å². The van der Waals surface area contributed by atoms with Crippen LogP contribution < -0.4 is 5.32 Å². The summed E-state index contributed by atoms with van der Waals surface area (Å²) >= 11 is 0. The highest BCUT2D eigenvalue weighted by molar-refractivity contribution is 5.94. The Labute approximate surface area is 152 Å². The van der Waals surface area contributed by atoms with Crippen LogP contribution in [0.4, 0.5) is 4.39 Å². The largest absolute Gasteiger partial charge is 0.350 e. The Kier molecular flexibility index (Phi) is 5.16. The van der Waals surface area contributed by atoms with Gasteiger partial charge in [0.25, 0.3) is 5.91 Å². The summed E-state index contributed by atoms with van der Waals surface area (Å²) in [6.45, 7) is 6.62. The molecule has 4 nitrogen and oxygen atoms in total. The fourth-order valence-electron chi connectivity index (χ4n) is 2.61. The first-order valence-electron chi connectivity index (χ1n) is 8.66. The zero-order valence-corrected chi connectivity index (χ0v) is 15.2. The number of nitrogens with zero attached hydrogens (tertiary/aromatic N) is 2. The van der Waals surface area contributed by atoms with Crippen LogP contribution >= 0.6 is 0 Å². The number of hydrogen-bond acceptors (Lipinski definition) is 2. The van der Waals surface area contributed by atoms with Gasteiger partial charge in [-0.1, -0.05) is 43.7 Å². The molecule has 1 aromatic heterocycles. The first-order valence-corrected chi connectivity index (χ1v) is 8.66. The fraction of sp³-hybridized carbons (Fsp3) is 0.238. The molecule has 5 heteroatoms. The summed E-state index contributed by atoms with van der Waals surface area (Å²) in [7, 11) is 0. The third-order valence-corrected chi connectivity index (χ3v) is 4.04. The molecule has 0 fully saturated rings. The summed E-state index contributed by atoms with van der Waals surface area (Å²) in [6, 6.07) is 15.8. The van der Waals surface area contributed by atoms with Crippen molar-refractivity contribution in [1.82, 2.24) is 15.1 Å². The van der Waals surface area contributed by atoms with Crippen molar-refractivity contribution in [3.05, 3.63) is 71.7 Å². The minimum atomic E-state index is -0.366. The number of halogens is 1. The lowest BCUT2D eigenvalue weighted by Gasteiger charge is -2.10. The summed E-state index contributed by atoms with van der Waals surface area (Å²) in [5.41, 5.74) is 3.05. The van der Waals surface area contributed by atoms with Gasteiger partial charge in [0.2, 0.25) is 0 Å². The summed E-state index contributed by atoms with van der Waals surface area (Å²) < 4.78 is 15.7. The number of hydrogen-bond donors (Lipinski definition) is 1. The predicted molar refractivity (Wildman–Crippen MR) is 101 cm³/mol. The number of carbonyl (C=O) groups excluding carboxylic acids is 1. The van der Waals surface area contributed by atoms with Crippen LogP contribution in [0.1, 0.15) is 29.9 Å². The fourth-order valence-corrected chi connectivity index (χ4v) is 2.61. The number of nitrogens with one attached hydrogen (secondary N) is 1. The molecule has 0 aliphatic heterocycles. The molecule has 3 aromatic rings. The lowest BCUT2D eigenvalue weighted by Crippen LogP contribution is -2.29. The second-order valence-corrected chi connectivity index (χ2v) is 6.75. The van der Waals surface area contributed by atoms with E-state index < -0.39 is 0 Å². The van der Waals surface area contributed by atoms with Crippen LogP contribution in [0.3, 0.4) is 0 Å². The predicted octanol–water partition coefficient (Wildman–Crippen LogP) is 4.37. The van der Waals surface area contributed by atoms with Gasteiger partial charge < -0.3 is 5.32 Å². The van der Waals surface area contributed by atoms with E-state index in [1.807, 2.05) is 45.0 Å². The van der Waals surface area contributed by atoms with Gasteiger partial charge >= 0.3 is 0 Å². The first-order chi connectivity index (χ1) is 12.5. The molecule has 0 bridgehead atoms. The highest BCUT2D eigenvalue weighted by atomic mass is 19.1. The number of rotatable bonds is 5. The first kappa shape index (κ1) is 17.9. The van der Waals surface area contributed by atoms with E-state index in [4.69, 9.17) is 0 Å². The second-order valence-electron chi connectivity index (χ2n) is 6.75. The van der Waals surface area contributed by atoms with Crippen LogP contribution in [0.15, 0.2) is 54.6 Å². The molecule has 0 saturated heterocycles. The van der Waals surface area contributed by atoms with Crippen LogP contribution in [-0.2, 0) is 0 Å². The molecule has 3 rings (SSSR count). The van der Waals surface area contributed by atoms with Gasteiger partial charge in [0, 0.05) is 12.1 Å². The molecule has 1 heterocycles. The number of aromatic nitrogens is 2. The van der Waals surface area contributed by atoms with Crippen LogP contribution in [0.2, 0.25) is 0 Å². The van der Waals surface area contributed by atoms with E-state index in [-0.39, 0.29) is 11.7 Å². The Hall–Kier alpha value is -2.95. The molecule has 1 amide bonds. The molecule has 0 aliphatic rings. The molecule has 0 atom stereocenters. The normalized spacial score (nSPS) is 11.0. The van der Waals surface area contributed by atoms with Crippen molar-refractivity contribution in [2.45, 2.75) is 20.8 Å². The number of benzene rings is 2. The van der Waals surface area contributed by atoms with Gasteiger partial charge in [0.15, 0.2) is 0 Å². The van der Waals surface area contributed by atoms with Crippen molar-refractivity contribution in [3.63, 3.8) is 0 Å². The number of amides is 1. The zero-order valence-electron chi connectivity index (χ0n) is 15.2. The molecule has 0 radical (unpaired) electrons. The van der Waals surface area contributed by atoms with Gasteiger partial charge in [0.1, 0.15) is 11.5 Å². The Morgan fingerprint density at radius 2 is 1.85 bits per heavy atom. The Bertz CT molecular complexity index is 913. The molecular weight excluding hydrogens is 329 g/mol. The lowest BCUT2D eigenvalue weighted by atomic mass is 10.1. The van der Waals surface area contributed by atoms with E-state index in [0.29, 0.717) is 29.4 Å². The van der Waals surface area contributed by atoms with Crippen molar-refractivity contribution in [1.29, 1.82) is 0 Å². The molecule has 2 aromatic carbocycles. The molecule has 134 valence electrons. The van der Waals surface area contributed by atoms with Gasteiger partial charge in [-0.05, 0) is 43.2 Å². The van der Waals surface area contributed by atoms with E-state index in [9.17, 15) is 9.18 Å². The standard InChI is InChI=1S/C21H22FN3O/c1-14(2)13-23-21(26)20-12-19(17-6-4-5-7-18(17)22)24-25(20)16-10-8-15(3)9-11-16/h4-12,14H,13H2,1-3H3,(H,23,26). The van der Waals surface area contributed by atoms with Crippen molar-refractivity contribution in [2.75, 3.05) is 6.54 Å². The van der Waals surface area contributed by atoms with Gasteiger partial charge in [-0.3, -0.25) is 4.79 Å². The summed E-state index contributed by atoms with van der Waals surface area (Å²) in [5, 5.41) is 7.41. The Morgan fingerprint density at radius 1 is 1.15 bits per heavy atom. The van der Waals surface area contributed by atoms with Crippen LogP contribution in [0.25, 0.3) is 16.9 Å². The highest BCUT2D eigenvalue weighted by Gasteiger charge is 2.19. The molecule has 0 saturated carbocycles. The van der Waals surface area contributed by atoms with Crippen molar-refractivity contribution < 1.29 is 9.18 Å². The van der Waals surface area contributed by atoms with E-state index >= 15 is 0 Å². The topological polar surface area (TPSA) is 46.9 Å². The minimum Gasteiger partial charge on any atom is -0.350 e. The summed E-state index contributed by atoms with van der Waals surface area (Å²) in [6.07, 6.45) is 0. The molecule has 0 aliphatic carbocycles. The SMILES string of the molecule is Cc1ccc(-n2nc(-c3ccccc3F)cc2C(=O)NCC(C)C)cc1. The monoisotopic (exact) mass is 351 g/mol. The van der Waals surface area contributed by atoms with Gasteiger partial charge in [0.05, 0.1) is 11.4 Å². The molecule has 0 unspecified atom stereocenters. The second kappa shape index (κ2) is 7.52.